The van der Waals surface area contributed by atoms with Gasteiger partial charge in [-0.15, -0.1) is 0 Å². The number of pyridine rings is 1. The Hall–Kier alpha value is -1.95. The first-order valence-electron chi connectivity index (χ1n) is 7.20. The number of anilines is 1. The van der Waals surface area contributed by atoms with E-state index >= 15 is 0 Å². The van der Waals surface area contributed by atoms with Crippen molar-refractivity contribution < 1.29 is 0 Å². The summed E-state index contributed by atoms with van der Waals surface area (Å²) < 4.78 is 2.78. The highest BCUT2D eigenvalue weighted by Gasteiger charge is 2.15. The standard InChI is InChI=1S/C16H18BrN5/c1-11(2)14-8-15(22-16(20-14)13(17)9-19-22)21(3)10-12-4-6-18-7-5-12/h4-9,11H,10H2,1-3H3. The van der Waals surface area contributed by atoms with E-state index in [4.69, 9.17) is 4.98 Å². The molecule has 0 aliphatic heterocycles. The molecule has 0 fully saturated rings. The van der Waals surface area contributed by atoms with Gasteiger partial charge < -0.3 is 4.90 Å². The van der Waals surface area contributed by atoms with E-state index in [1.54, 1.807) is 6.20 Å². The molecule has 0 saturated carbocycles. The quantitative estimate of drug-likeness (QED) is 0.713. The van der Waals surface area contributed by atoms with Crippen LogP contribution in [0.2, 0.25) is 0 Å². The van der Waals surface area contributed by atoms with Crippen LogP contribution in [0.3, 0.4) is 0 Å². The van der Waals surface area contributed by atoms with Crippen LogP contribution in [0.4, 0.5) is 5.82 Å². The average molecular weight is 360 g/mol. The molecule has 0 amide bonds. The summed E-state index contributed by atoms with van der Waals surface area (Å²) in [4.78, 5) is 10.9. The Balaban J connectivity index is 2.04. The first kappa shape index (κ1) is 15.0. The van der Waals surface area contributed by atoms with Gasteiger partial charge >= 0.3 is 0 Å². The van der Waals surface area contributed by atoms with E-state index in [9.17, 15) is 0 Å². The average Bonchev–Trinajstić information content (AvgIpc) is 2.89. The first-order valence-corrected chi connectivity index (χ1v) is 8.00. The molecule has 0 unspecified atom stereocenters. The van der Waals surface area contributed by atoms with Gasteiger partial charge in [0.2, 0.25) is 0 Å². The van der Waals surface area contributed by atoms with Crippen LogP contribution >= 0.6 is 15.9 Å². The maximum Gasteiger partial charge on any atom is 0.171 e. The molecule has 0 aliphatic carbocycles. The number of aromatic nitrogens is 4. The van der Waals surface area contributed by atoms with E-state index < -0.39 is 0 Å². The van der Waals surface area contributed by atoms with Crippen LogP contribution in [-0.2, 0) is 6.54 Å². The SMILES string of the molecule is CC(C)c1cc(N(C)Cc2ccncc2)n2ncc(Br)c2n1. The molecule has 3 rings (SSSR count). The molecule has 0 aromatic carbocycles. The number of halogens is 1. The largest absolute Gasteiger partial charge is 0.355 e. The highest BCUT2D eigenvalue weighted by Crippen LogP contribution is 2.26. The Morgan fingerprint density at radius 2 is 2.00 bits per heavy atom. The zero-order chi connectivity index (χ0) is 15.7. The lowest BCUT2D eigenvalue weighted by Crippen LogP contribution is -2.20. The van der Waals surface area contributed by atoms with Crippen molar-refractivity contribution >= 4 is 27.4 Å². The Kier molecular flexibility index (Phi) is 4.11. The van der Waals surface area contributed by atoms with Gasteiger partial charge in [0.05, 0.1) is 10.7 Å². The van der Waals surface area contributed by atoms with E-state index in [-0.39, 0.29) is 0 Å². The molecule has 0 bridgehead atoms. The van der Waals surface area contributed by atoms with Crippen molar-refractivity contribution in [3.63, 3.8) is 0 Å². The molecule has 0 radical (unpaired) electrons. The van der Waals surface area contributed by atoms with Crippen molar-refractivity contribution in [2.45, 2.75) is 26.3 Å². The molecule has 114 valence electrons. The molecule has 0 N–H and O–H groups in total. The van der Waals surface area contributed by atoms with Gasteiger partial charge in [-0.1, -0.05) is 13.8 Å². The van der Waals surface area contributed by atoms with Gasteiger partial charge in [0.1, 0.15) is 5.82 Å². The van der Waals surface area contributed by atoms with Gasteiger partial charge in [-0.25, -0.2) is 4.98 Å². The van der Waals surface area contributed by atoms with Crippen LogP contribution in [0.15, 0.2) is 41.3 Å². The molecule has 0 spiro atoms. The molecule has 3 aromatic rings. The third-order valence-electron chi connectivity index (χ3n) is 3.58. The molecule has 0 atom stereocenters. The smallest absolute Gasteiger partial charge is 0.171 e. The summed E-state index contributed by atoms with van der Waals surface area (Å²) in [5, 5.41) is 4.43. The van der Waals surface area contributed by atoms with Crippen molar-refractivity contribution in [3.8, 4) is 0 Å². The lowest BCUT2D eigenvalue weighted by molar-refractivity contribution is 0.784. The predicted octanol–water partition coefficient (Wildman–Crippen LogP) is 3.65. The zero-order valence-corrected chi connectivity index (χ0v) is 14.4. The highest BCUT2D eigenvalue weighted by molar-refractivity contribution is 9.10. The lowest BCUT2D eigenvalue weighted by atomic mass is 10.1. The second-order valence-corrected chi connectivity index (χ2v) is 6.49. The van der Waals surface area contributed by atoms with E-state index in [0.29, 0.717) is 5.92 Å². The van der Waals surface area contributed by atoms with Gasteiger partial charge in [0, 0.05) is 37.7 Å². The number of fused-ring (bicyclic) bond motifs is 1. The molecule has 5 nitrogen and oxygen atoms in total. The van der Waals surface area contributed by atoms with Crippen molar-refractivity contribution in [3.05, 3.63) is 52.5 Å². The molecule has 6 heteroatoms. The van der Waals surface area contributed by atoms with Crippen molar-refractivity contribution in [1.29, 1.82) is 0 Å². The lowest BCUT2D eigenvalue weighted by Gasteiger charge is -2.21. The van der Waals surface area contributed by atoms with Crippen LogP contribution in [0.25, 0.3) is 5.65 Å². The van der Waals surface area contributed by atoms with Crippen LogP contribution in [-0.4, -0.2) is 26.6 Å². The van der Waals surface area contributed by atoms with Crippen LogP contribution in [0.1, 0.15) is 31.0 Å². The minimum Gasteiger partial charge on any atom is -0.355 e. The maximum atomic E-state index is 4.70. The molecular weight excluding hydrogens is 342 g/mol. The van der Waals surface area contributed by atoms with Gasteiger partial charge in [-0.05, 0) is 39.5 Å². The summed E-state index contributed by atoms with van der Waals surface area (Å²) in [6, 6.07) is 6.16. The van der Waals surface area contributed by atoms with Gasteiger partial charge in [-0.3, -0.25) is 4.98 Å². The Labute approximate surface area is 138 Å². The van der Waals surface area contributed by atoms with Gasteiger partial charge in [0.15, 0.2) is 5.65 Å². The van der Waals surface area contributed by atoms with Crippen LogP contribution in [0.5, 0.6) is 0 Å². The Morgan fingerprint density at radius 3 is 2.68 bits per heavy atom. The Morgan fingerprint density at radius 1 is 1.27 bits per heavy atom. The monoisotopic (exact) mass is 359 g/mol. The molecule has 0 saturated heterocycles. The van der Waals surface area contributed by atoms with E-state index in [1.165, 1.54) is 5.56 Å². The number of nitrogens with zero attached hydrogens (tertiary/aromatic N) is 5. The van der Waals surface area contributed by atoms with Gasteiger partial charge in [0.25, 0.3) is 0 Å². The fourth-order valence-corrected chi connectivity index (χ4v) is 2.70. The van der Waals surface area contributed by atoms with E-state index in [0.717, 1.165) is 28.2 Å². The zero-order valence-electron chi connectivity index (χ0n) is 12.9. The third kappa shape index (κ3) is 2.83. The maximum absolute atomic E-state index is 4.70. The highest BCUT2D eigenvalue weighted by atomic mass is 79.9. The fraction of sp³-hybridized carbons (Fsp3) is 0.312. The van der Waals surface area contributed by atoms with Crippen LogP contribution < -0.4 is 4.90 Å². The molecule has 3 aromatic heterocycles. The number of rotatable bonds is 4. The molecular formula is C16H18BrN5. The summed E-state index contributed by atoms with van der Waals surface area (Å²) >= 11 is 3.53. The summed E-state index contributed by atoms with van der Waals surface area (Å²) in [5.74, 6) is 1.39. The predicted molar refractivity (Wildman–Crippen MR) is 91.1 cm³/mol. The second kappa shape index (κ2) is 6.04. The fourth-order valence-electron chi connectivity index (χ4n) is 2.35. The summed E-state index contributed by atoms with van der Waals surface area (Å²) in [5.41, 5.74) is 3.12. The van der Waals surface area contributed by atoms with Crippen molar-refractivity contribution in [2.75, 3.05) is 11.9 Å². The minimum absolute atomic E-state index is 0.361. The molecule has 3 heterocycles. The first-order chi connectivity index (χ1) is 10.6. The van der Waals surface area contributed by atoms with Crippen molar-refractivity contribution in [2.24, 2.45) is 0 Å². The Bertz CT molecular complexity index is 782. The normalized spacial score (nSPS) is 11.3. The summed E-state index contributed by atoms with van der Waals surface area (Å²) in [7, 11) is 2.06. The minimum atomic E-state index is 0.361. The van der Waals surface area contributed by atoms with Gasteiger partial charge in [-0.2, -0.15) is 9.61 Å². The second-order valence-electron chi connectivity index (χ2n) is 5.63. The van der Waals surface area contributed by atoms with Crippen LogP contribution in [0, 0.1) is 0 Å². The summed E-state index contributed by atoms with van der Waals surface area (Å²) in [6.07, 6.45) is 5.42. The number of hydrogen-bond donors (Lipinski definition) is 0. The number of hydrogen-bond acceptors (Lipinski definition) is 4. The van der Waals surface area contributed by atoms with E-state index in [2.05, 4.69) is 57.9 Å². The third-order valence-corrected chi connectivity index (χ3v) is 4.14. The topological polar surface area (TPSA) is 46.3 Å². The molecule has 22 heavy (non-hydrogen) atoms. The van der Waals surface area contributed by atoms with E-state index in [1.807, 2.05) is 29.0 Å². The van der Waals surface area contributed by atoms with Crippen molar-refractivity contribution in [1.82, 2.24) is 19.6 Å². The summed E-state index contributed by atoms with van der Waals surface area (Å²) in [6.45, 7) is 5.09. The molecule has 0 aliphatic rings.